The van der Waals surface area contributed by atoms with Gasteiger partial charge in [0.2, 0.25) is 0 Å². The Balaban J connectivity index is 1.18. The van der Waals surface area contributed by atoms with E-state index >= 15 is 0 Å². The van der Waals surface area contributed by atoms with Gasteiger partial charge in [0.25, 0.3) is 5.56 Å². The Morgan fingerprint density at radius 3 is 2.75 bits per heavy atom. The third-order valence-corrected chi connectivity index (χ3v) is 6.67. The Bertz CT molecular complexity index is 984. The minimum absolute atomic E-state index is 0.0661. The molecule has 0 bridgehead atoms. The molecule has 1 saturated heterocycles. The average Bonchev–Trinajstić information content (AvgIpc) is 3.21. The first-order valence-electron chi connectivity index (χ1n) is 9.85. The summed E-state index contributed by atoms with van der Waals surface area (Å²) in [6.07, 6.45) is 9.89. The van der Waals surface area contributed by atoms with E-state index in [1.165, 1.54) is 29.1 Å². The van der Waals surface area contributed by atoms with Gasteiger partial charge < -0.3 is 0 Å². The van der Waals surface area contributed by atoms with Crippen LogP contribution in [0.15, 0.2) is 35.8 Å². The molecule has 3 aromatic rings. The number of hydrogen-bond acceptors (Lipinski definition) is 7. The van der Waals surface area contributed by atoms with Crippen LogP contribution in [-0.4, -0.2) is 47.5 Å². The monoisotopic (exact) mass is 397 g/mol. The second kappa shape index (κ2) is 7.56. The summed E-state index contributed by atoms with van der Waals surface area (Å²) in [5.74, 6) is 1.82. The standard InChI is InChI=1S/C19H23N7OS/c27-18-4-3-17(26-13-20-12-22-26)23-25(18)10-14-5-7-24(8-6-14)11-16-9-21-19(28-16)15-1-2-15/h3-4,9,12-15H,1-2,5-8,10-11H2. The highest BCUT2D eigenvalue weighted by Gasteiger charge is 2.27. The summed E-state index contributed by atoms with van der Waals surface area (Å²) in [5, 5.41) is 9.87. The molecular formula is C19H23N7OS. The summed E-state index contributed by atoms with van der Waals surface area (Å²) in [6, 6.07) is 3.24. The van der Waals surface area contributed by atoms with Gasteiger partial charge in [-0.15, -0.1) is 16.4 Å². The van der Waals surface area contributed by atoms with Gasteiger partial charge in [0.1, 0.15) is 12.7 Å². The molecule has 0 radical (unpaired) electrons. The van der Waals surface area contributed by atoms with E-state index in [2.05, 4.69) is 31.3 Å². The molecule has 1 saturated carbocycles. The van der Waals surface area contributed by atoms with Gasteiger partial charge in [-0.25, -0.2) is 19.3 Å². The van der Waals surface area contributed by atoms with Gasteiger partial charge in [-0.1, -0.05) is 0 Å². The Kier molecular flexibility index (Phi) is 4.77. The number of nitrogens with zero attached hydrogens (tertiary/aromatic N) is 7. The second-order valence-electron chi connectivity index (χ2n) is 7.71. The molecule has 5 rings (SSSR count). The maximum absolute atomic E-state index is 12.2. The topological polar surface area (TPSA) is 81.7 Å². The van der Waals surface area contributed by atoms with Crippen molar-refractivity contribution in [3.8, 4) is 5.82 Å². The van der Waals surface area contributed by atoms with Gasteiger partial charge >= 0.3 is 0 Å². The van der Waals surface area contributed by atoms with E-state index in [9.17, 15) is 4.79 Å². The SMILES string of the molecule is O=c1ccc(-n2cncn2)nn1CC1CCN(Cc2cnc(C3CC3)s2)CC1. The number of thiazole rings is 1. The summed E-state index contributed by atoms with van der Waals surface area (Å²) < 4.78 is 3.14. The van der Waals surface area contributed by atoms with Crippen molar-refractivity contribution in [2.75, 3.05) is 13.1 Å². The molecule has 1 aliphatic heterocycles. The molecule has 3 aromatic heterocycles. The van der Waals surface area contributed by atoms with Crippen LogP contribution in [0.1, 0.15) is 41.5 Å². The quantitative estimate of drug-likeness (QED) is 0.633. The smallest absolute Gasteiger partial charge is 0.266 e. The fraction of sp³-hybridized carbons (Fsp3) is 0.526. The van der Waals surface area contributed by atoms with Crippen LogP contribution in [0.3, 0.4) is 0 Å². The van der Waals surface area contributed by atoms with Crippen molar-refractivity contribution >= 4 is 11.3 Å². The molecule has 8 nitrogen and oxygen atoms in total. The summed E-state index contributed by atoms with van der Waals surface area (Å²) in [7, 11) is 0. The first kappa shape index (κ1) is 17.7. The van der Waals surface area contributed by atoms with Gasteiger partial charge in [-0.3, -0.25) is 9.69 Å². The highest BCUT2D eigenvalue weighted by Crippen LogP contribution is 2.42. The summed E-state index contributed by atoms with van der Waals surface area (Å²) in [4.78, 5) is 24.6. The third-order valence-electron chi connectivity index (χ3n) is 5.52. The van der Waals surface area contributed by atoms with Crippen LogP contribution in [0, 0.1) is 5.92 Å². The van der Waals surface area contributed by atoms with Crippen LogP contribution >= 0.6 is 11.3 Å². The van der Waals surface area contributed by atoms with Crippen LogP contribution in [0.25, 0.3) is 5.82 Å². The number of aromatic nitrogens is 6. The van der Waals surface area contributed by atoms with Gasteiger partial charge in [0.05, 0.1) is 5.01 Å². The predicted molar refractivity (Wildman–Crippen MR) is 106 cm³/mol. The van der Waals surface area contributed by atoms with Crippen molar-refractivity contribution < 1.29 is 0 Å². The van der Waals surface area contributed by atoms with Crippen LogP contribution in [0.5, 0.6) is 0 Å². The maximum atomic E-state index is 12.2. The molecule has 0 unspecified atom stereocenters. The van der Waals surface area contributed by atoms with E-state index in [-0.39, 0.29) is 5.56 Å². The highest BCUT2D eigenvalue weighted by atomic mass is 32.1. The van der Waals surface area contributed by atoms with Crippen molar-refractivity contribution in [3.63, 3.8) is 0 Å². The highest BCUT2D eigenvalue weighted by molar-refractivity contribution is 7.11. The van der Waals surface area contributed by atoms with Crippen LogP contribution in [0.2, 0.25) is 0 Å². The molecule has 0 aromatic carbocycles. The summed E-state index contributed by atoms with van der Waals surface area (Å²) in [5.41, 5.74) is -0.0661. The zero-order valence-electron chi connectivity index (χ0n) is 15.6. The zero-order chi connectivity index (χ0) is 18.9. The molecule has 2 fully saturated rings. The van der Waals surface area contributed by atoms with Crippen LogP contribution < -0.4 is 5.56 Å². The molecular weight excluding hydrogens is 374 g/mol. The average molecular weight is 398 g/mol. The lowest BCUT2D eigenvalue weighted by Crippen LogP contribution is -2.36. The third kappa shape index (κ3) is 3.90. The van der Waals surface area contributed by atoms with Gasteiger partial charge in [0, 0.05) is 36.1 Å². The minimum atomic E-state index is -0.0661. The molecule has 2 aliphatic rings. The number of piperidine rings is 1. The molecule has 4 heterocycles. The first-order chi connectivity index (χ1) is 13.7. The van der Waals surface area contributed by atoms with Gasteiger partial charge in [0.15, 0.2) is 5.82 Å². The van der Waals surface area contributed by atoms with E-state index in [0.29, 0.717) is 18.3 Å². The fourth-order valence-electron chi connectivity index (χ4n) is 3.72. The molecule has 1 aliphatic carbocycles. The largest absolute Gasteiger partial charge is 0.298 e. The zero-order valence-corrected chi connectivity index (χ0v) is 16.5. The maximum Gasteiger partial charge on any atom is 0.266 e. The first-order valence-corrected chi connectivity index (χ1v) is 10.7. The molecule has 146 valence electrons. The second-order valence-corrected chi connectivity index (χ2v) is 8.86. The molecule has 0 amide bonds. The lowest BCUT2D eigenvalue weighted by molar-refractivity contribution is 0.164. The van der Waals surface area contributed by atoms with E-state index in [4.69, 9.17) is 0 Å². The Morgan fingerprint density at radius 1 is 1.14 bits per heavy atom. The molecule has 9 heteroatoms. The van der Waals surface area contributed by atoms with Crippen molar-refractivity contribution in [1.82, 2.24) is 34.4 Å². The Morgan fingerprint density at radius 2 is 2.00 bits per heavy atom. The van der Waals surface area contributed by atoms with Crippen molar-refractivity contribution in [2.45, 2.75) is 44.7 Å². The van der Waals surface area contributed by atoms with Gasteiger partial charge in [-0.05, 0) is 50.8 Å². The Labute approximate surface area is 166 Å². The van der Waals surface area contributed by atoms with Crippen LogP contribution in [0.4, 0.5) is 0 Å². The van der Waals surface area contributed by atoms with E-state index in [0.717, 1.165) is 38.4 Å². The summed E-state index contributed by atoms with van der Waals surface area (Å²) in [6.45, 7) is 3.76. The normalized spacial score (nSPS) is 18.6. The van der Waals surface area contributed by atoms with E-state index in [1.807, 2.05) is 11.3 Å². The van der Waals surface area contributed by atoms with Crippen molar-refractivity contribution in [2.24, 2.45) is 5.92 Å². The number of likely N-dealkylation sites (tertiary alicyclic amines) is 1. The van der Waals surface area contributed by atoms with Crippen molar-refractivity contribution in [1.29, 1.82) is 0 Å². The van der Waals surface area contributed by atoms with Crippen LogP contribution in [-0.2, 0) is 13.1 Å². The molecule has 0 atom stereocenters. The van der Waals surface area contributed by atoms with E-state index in [1.54, 1.807) is 27.8 Å². The van der Waals surface area contributed by atoms with Crippen molar-refractivity contribution in [3.05, 3.63) is 51.2 Å². The van der Waals surface area contributed by atoms with Gasteiger partial charge in [-0.2, -0.15) is 5.10 Å². The van der Waals surface area contributed by atoms with E-state index < -0.39 is 0 Å². The number of hydrogen-bond donors (Lipinski definition) is 0. The summed E-state index contributed by atoms with van der Waals surface area (Å²) >= 11 is 1.88. The Hall–Kier alpha value is -2.39. The number of rotatable bonds is 6. The minimum Gasteiger partial charge on any atom is -0.298 e. The lowest BCUT2D eigenvalue weighted by atomic mass is 9.97. The lowest BCUT2D eigenvalue weighted by Gasteiger charge is -2.31. The molecule has 0 spiro atoms. The molecule has 0 N–H and O–H groups in total. The fourth-order valence-corrected chi connectivity index (χ4v) is 4.85. The predicted octanol–water partition coefficient (Wildman–Crippen LogP) is 2.07. The molecule has 28 heavy (non-hydrogen) atoms.